The van der Waals surface area contributed by atoms with Crippen molar-refractivity contribution in [2.75, 3.05) is 27.2 Å². The molecule has 0 bridgehead atoms. The van der Waals surface area contributed by atoms with Gasteiger partial charge in [-0.15, -0.1) is 0 Å². The van der Waals surface area contributed by atoms with Crippen molar-refractivity contribution in [2.24, 2.45) is 0 Å². The molecule has 1 amide bonds. The van der Waals surface area contributed by atoms with Gasteiger partial charge in [0.1, 0.15) is 6.54 Å². The predicted molar refractivity (Wildman–Crippen MR) is 133 cm³/mol. The summed E-state index contributed by atoms with van der Waals surface area (Å²) in [5.41, 5.74) is 2.98. The van der Waals surface area contributed by atoms with Crippen LogP contribution in [0.5, 0.6) is 0 Å². The number of hydrogen-bond acceptors (Lipinski definition) is 4. The SMILES string of the molecule is Cc1ccc(-c2n[nH]c(=S)n2CC(=O)N(CCCN(C)C)Cc2ccc(Cl)c(Cl)c2)cc1. The summed E-state index contributed by atoms with van der Waals surface area (Å²) in [5.74, 6) is 0.604. The van der Waals surface area contributed by atoms with Crippen LogP contribution in [0.3, 0.4) is 0 Å². The molecule has 0 spiro atoms. The van der Waals surface area contributed by atoms with Gasteiger partial charge in [0.2, 0.25) is 5.91 Å². The summed E-state index contributed by atoms with van der Waals surface area (Å²) in [6.45, 7) is 4.06. The van der Waals surface area contributed by atoms with Gasteiger partial charge < -0.3 is 9.80 Å². The van der Waals surface area contributed by atoms with E-state index in [0.29, 0.717) is 33.7 Å². The Hall–Kier alpha value is -2.19. The van der Waals surface area contributed by atoms with Crippen LogP contribution in [0.25, 0.3) is 11.4 Å². The van der Waals surface area contributed by atoms with Gasteiger partial charge >= 0.3 is 0 Å². The summed E-state index contributed by atoms with van der Waals surface area (Å²) >= 11 is 17.7. The Morgan fingerprint density at radius 1 is 1.09 bits per heavy atom. The summed E-state index contributed by atoms with van der Waals surface area (Å²) in [7, 11) is 4.04. The number of carbonyl (C=O) groups is 1. The number of benzene rings is 2. The van der Waals surface area contributed by atoms with Crippen LogP contribution in [0, 0.1) is 11.7 Å². The van der Waals surface area contributed by atoms with Gasteiger partial charge in [-0.2, -0.15) is 5.10 Å². The van der Waals surface area contributed by atoms with Gasteiger partial charge in [0.15, 0.2) is 10.6 Å². The van der Waals surface area contributed by atoms with Gasteiger partial charge in [0.25, 0.3) is 0 Å². The molecule has 0 saturated heterocycles. The first-order chi connectivity index (χ1) is 15.2. The topological polar surface area (TPSA) is 57.2 Å². The van der Waals surface area contributed by atoms with E-state index >= 15 is 0 Å². The Labute approximate surface area is 203 Å². The number of aromatic amines is 1. The molecule has 9 heteroatoms. The number of carbonyl (C=O) groups excluding carboxylic acids is 1. The number of rotatable bonds is 9. The fourth-order valence-electron chi connectivity index (χ4n) is 3.35. The number of nitrogens with one attached hydrogen (secondary N) is 1. The summed E-state index contributed by atoms with van der Waals surface area (Å²) in [6.07, 6.45) is 0.849. The number of hydrogen-bond donors (Lipinski definition) is 1. The van der Waals surface area contributed by atoms with Crippen LogP contribution >= 0.6 is 35.4 Å². The standard InChI is InChI=1S/C23H27Cl2N5OS/c1-16-5-8-18(9-6-16)22-26-27-23(32)30(22)15-21(31)29(12-4-11-28(2)3)14-17-7-10-19(24)20(25)13-17/h5-10,13H,4,11-12,14-15H2,1-3H3,(H,27,32). The summed E-state index contributed by atoms with van der Waals surface area (Å²) in [5, 5.41) is 8.15. The second-order valence-electron chi connectivity index (χ2n) is 8.03. The highest BCUT2D eigenvalue weighted by Crippen LogP contribution is 2.24. The van der Waals surface area contributed by atoms with Crippen LogP contribution < -0.4 is 0 Å². The van der Waals surface area contributed by atoms with Crippen LogP contribution in [0.4, 0.5) is 0 Å². The van der Waals surface area contributed by atoms with Crippen molar-refractivity contribution in [2.45, 2.75) is 26.4 Å². The quantitative estimate of drug-likeness (QED) is 0.417. The highest BCUT2D eigenvalue weighted by Gasteiger charge is 2.18. The molecular weight excluding hydrogens is 465 g/mol. The van der Waals surface area contributed by atoms with E-state index < -0.39 is 0 Å². The molecule has 0 saturated carbocycles. The predicted octanol–water partition coefficient (Wildman–Crippen LogP) is 5.20. The third-order valence-corrected chi connectivity index (χ3v) is 6.16. The van der Waals surface area contributed by atoms with Gasteiger partial charge in [-0.25, -0.2) is 0 Å². The molecule has 0 atom stereocenters. The number of aromatic nitrogens is 3. The maximum atomic E-state index is 13.4. The second-order valence-corrected chi connectivity index (χ2v) is 9.23. The van der Waals surface area contributed by atoms with E-state index in [-0.39, 0.29) is 12.5 Å². The Balaban J connectivity index is 1.83. The Morgan fingerprint density at radius 3 is 2.47 bits per heavy atom. The highest BCUT2D eigenvalue weighted by molar-refractivity contribution is 7.71. The van der Waals surface area contributed by atoms with Crippen LogP contribution in [0.15, 0.2) is 42.5 Å². The van der Waals surface area contributed by atoms with E-state index in [2.05, 4.69) is 15.1 Å². The molecule has 170 valence electrons. The monoisotopic (exact) mass is 491 g/mol. The van der Waals surface area contributed by atoms with E-state index in [0.717, 1.165) is 29.7 Å². The van der Waals surface area contributed by atoms with Crippen LogP contribution in [0.1, 0.15) is 17.5 Å². The lowest BCUT2D eigenvalue weighted by Crippen LogP contribution is -2.35. The Kier molecular flexibility index (Phi) is 8.48. The van der Waals surface area contributed by atoms with Crippen LogP contribution in [-0.2, 0) is 17.9 Å². The van der Waals surface area contributed by atoms with Gasteiger partial charge in [-0.3, -0.25) is 14.5 Å². The van der Waals surface area contributed by atoms with Crippen molar-refractivity contribution in [1.29, 1.82) is 0 Å². The zero-order valence-corrected chi connectivity index (χ0v) is 20.8. The number of amides is 1. The Morgan fingerprint density at radius 2 is 1.81 bits per heavy atom. The van der Waals surface area contributed by atoms with Gasteiger partial charge in [-0.05, 0) is 63.9 Å². The minimum atomic E-state index is -0.0410. The first kappa shape index (κ1) is 24.5. The largest absolute Gasteiger partial charge is 0.337 e. The minimum absolute atomic E-state index is 0.0410. The molecule has 6 nitrogen and oxygen atoms in total. The minimum Gasteiger partial charge on any atom is -0.337 e. The fourth-order valence-corrected chi connectivity index (χ4v) is 3.87. The van der Waals surface area contributed by atoms with Crippen molar-refractivity contribution < 1.29 is 4.79 Å². The van der Waals surface area contributed by atoms with E-state index in [4.69, 9.17) is 35.4 Å². The van der Waals surface area contributed by atoms with Crippen molar-refractivity contribution in [3.05, 3.63) is 68.4 Å². The van der Waals surface area contributed by atoms with Crippen molar-refractivity contribution >= 4 is 41.3 Å². The number of aryl methyl sites for hydroxylation is 1. The molecule has 0 aliphatic rings. The third kappa shape index (κ3) is 6.42. The molecule has 0 fully saturated rings. The third-order valence-electron chi connectivity index (χ3n) is 5.10. The molecule has 1 N–H and O–H groups in total. The average molecular weight is 492 g/mol. The molecule has 1 aromatic heterocycles. The lowest BCUT2D eigenvalue weighted by atomic mass is 10.1. The smallest absolute Gasteiger partial charge is 0.242 e. The second kappa shape index (κ2) is 11.1. The van der Waals surface area contributed by atoms with E-state index in [1.54, 1.807) is 16.7 Å². The summed E-state index contributed by atoms with van der Waals surface area (Å²) in [4.78, 5) is 17.3. The lowest BCUT2D eigenvalue weighted by molar-refractivity contribution is -0.132. The number of H-pyrrole nitrogens is 1. The Bertz CT molecular complexity index is 1120. The summed E-state index contributed by atoms with van der Waals surface area (Å²) < 4.78 is 2.16. The van der Waals surface area contributed by atoms with E-state index in [1.165, 1.54) is 0 Å². The molecular formula is C23H27Cl2N5OS. The first-order valence-electron chi connectivity index (χ1n) is 10.3. The van der Waals surface area contributed by atoms with Gasteiger partial charge in [0, 0.05) is 18.7 Å². The highest BCUT2D eigenvalue weighted by atomic mass is 35.5. The molecule has 0 unspecified atom stereocenters. The summed E-state index contributed by atoms with van der Waals surface area (Å²) in [6, 6.07) is 13.4. The maximum Gasteiger partial charge on any atom is 0.242 e. The average Bonchev–Trinajstić information content (AvgIpc) is 3.10. The number of halogens is 2. The lowest BCUT2D eigenvalue weighted by Gasteiger charge is -2.24. The zero-order valence-electron chi connectivity index (χ0n) is 18.4. The molecule has 0 radical (unpaired) electrons. The maximum absolute atomic E-state index is 13.4. The van der Waals surface area contributed by atoms with Crippen molar-refractivity contribution in [1.82, 2.24) is 24.6 Å². The van der Waals surface area contributed by atoms with Gasteiger partial charge in [0.05, 0.1) is 10.0 Å². The zero-order chi connectivity index (χ0) is 23.3. The molecule has 1 heterocycles. The molecule has 2 aromatic carbocycles. The van der Waals surface area contributed by atoms with Crippen molar-refractivity contribution in [3.8, 4) is 11.4 Å². The first-order valence-corrected chi connectivity index (χ1v) is 11.5. The molecule has 0 aliphatic heterocycles. The van der Waals surface area contributed by atoms with E-state index in [1.807, 2.05) is 56.3 Å². The van der Waals surface area contributed by atoms with Gasteiger partial charge in [-0.1, -0.05) is 59.1 Å². The normalized spacial score (nSPS) is 11.2. The number of nitrogens with zero attached hydrogens (tertiary/aromatic N) is 4. The van der Waals surface area contributed by atoms with E-state index in [9.17, 15) is 4.79 Å². The van der Waals surface area contributed by atoms with Crippen molar-refractivity contribution in [3.63, 3.8) is 0 Å². The van der Waals surface area contributed by atoms with Crippen LogP contribution in [0.2, 0.25) is 10.0 Å². The molecule has 3 rings (SSSR count). The molecule has 32 heavy (non-hydrogen) atoms. The van der Waals surface area contributed by atoms with Crippen LogP contribution in [-0.4, -0.2) is 57.7 Å². The molecule has 3 aromatic rings. The fraction of sp³-hybridized carbons (Fsp3) is 0.348. The molecule has 0 aliphatic carbocycles.